The minimum Gasteiger partial charge on any atom is -0.497 e. The van der Waals surface area contributed by atoms with Crippen LogP contribution in [-0.2, 0) is 9.53 Å². The number of aromatic nitrogens is 1. The first kappa shape index (κ1) is 22.9. The molecule has 6 nitrogen and oxygen atoms in total. The third-order valence-corrected chi connectivity index (χ3v) is 8.04. The van der Waals surface area contributed by atoms with Crippen LogP contribution in [0.4, 0.5) is 5.69 Å². The number of ether oxygens (including phenoxy) is 3. The van der Waals surface area contributed by atoms with Gasteiger partial charge in [-0.1, -0.05) is 25.3 Å². The number of anilines is 1. The molecule has 0 amide bonds. The van der Waals surface area contributed by atoms with Crippen LogP contribution in [0.3, 0.4) is 0 Å². The number of nitrogens with one attached hydrogen (secondary N) is 1. The lowest BCUT2D eigenvalue weighted by atomic mass is 9.74. The zero-order valence-electron chi connectivity index (χ0n) is 20.9. The van der Waals surface area contributed by atoms with Crippen molar-refractivity contribution in [1.29, 1.82) is 0 Å². The van der Waals surface area contributed by atoms with Crippen LogP contribution < -0.4 is 14.8 Å². The van der Waals surface area contributed by atoms with Crippen molar-refractivity contribution in [2.45, 2.75) is 63.0 Å². The number of benzene rings is 2. The maximum Gasteiger partial charge on any atom is 0.337 e. The summed E-state index contributed by atoms with van der Waals surface area (Å²) in [6, 6.07) is 13.6. The maximum absolute atomic E-state index is 14.0. The van der Waals surface area contributed by atoms with Gasteiger partial charge in [-0.25, -0.2) is 4.79 Å². The van der Waals surface area contributed by atoms with Crippen molar-refractivity contribution in [2.75, 3.05) is 19.5 Å². The summed E-state index contributed by atoms with van der Waals surface area (Å²) in [6.07, 6.45) is 10.2. The lowest BCUT2D eigenvalue weighted by molar-refractivity contribution is -0.158. The quantitative estimate of drug-likeness (QED) is 0.422. The summed E-state index contributed by atoms with van der Waals surface area (Å²) >= 11 is 0. The van der Waals surface area contributed by atoms with Crippen LogP contribution in [0.25, 0.3) is 16.5 Å². The van der Waals surface area contributed by atoms with E-state index in [0.717, 1.165) is 65.4 Å². The fourth-order valence-corrected chi connectivity index (χ4v) is 6.29. The molecule has 0 unspecified atom stereocenters. The Bertz CT molecular complexity index is 1350. The summed E-state index contributed by atoms with van der Waals surface area (Å²) in [6.45, 7) is 0. The zero-order valence-corrected chi connectivity index (χ0v) is 20.9. The number of esters is 1. The van der Waals surface area contributed by atoms with Crippen LogP contribution in [-0.4, -0.2) is 30.8 Å². The Morgan fingerprint density at radius 1 is 1.00 bits per heavy atom. The number of carbonyl (C=O) groups excluding carboxylic acids is 1. The molecule has 1 aromatic heterocycles. The van der Waals surface area contributed by atoms with Crippen LogP contribution in [0.5, 0.6) is 11.5 Å². The molecule has 0 radical (unpaired) electrons. The van der Waals surface area contributed by atoms with E-state index >= 15 is 0 Å². The van der Waals surface area contributed by atoms with Crippen molar-refractivity contribution in [3.05, 3.63) is 65.4 Å². The van der Waals surface area contributed by atoms with Crippen LogP contribution in [0.15, 0.2) is 54.2 Å². The van der Waals surface area contributed by atoms with Crippen molar-refractivity contribution in [3.8, 4) is 11.5 Å². The Morgan fingerprint density at radius 2 is 1.81 bits per heavy atom. The largest absolute Gasteiger partial charge is 0.497 e. The fraction of sp³-hybridized carbons (Fsp3) is 0.400. The number of hydrogen-bond acceptors (Lipinski definition) is 6. The lowest BCUT2D eigenvalue weighted by Gasteiger charge is -2.44. The highest BCUT2D eigenvalue weighted by Crippen LogP contribution is 2.53. The Hall–Kier alpha value is -3.54. The molecule has 1 N–H and O–H groups in total. The molecule has 1 aliphatic carbocycles. The van der Waals surface area contributed by atoms with Gasteiger partial charge in [0.15, 0.2) is 0 Å². The summed E-state index contributed by atoms with van der Waals surface area (Å²) in [7, 11) is 3.28. The molecule has 6 rings (SSSR count). The number of rotatable bonds is 3. The van der Waals surface area contributed by atoms with Gasteiger partial charge in [0, 0.05) is 40.9 Å². The first-order valence-corrected chi connectivity index (χ1v) is 13.0. The Labute approximate surface area is 211 Å². The summed E-state index contributed by atoms with van der Waals surface area (Å²) in [5.41, 5.74) is 5.22. The van der Waals surface area contributed by atoms with Gasteiger partial charge in [-0.05, 0) is 61.6 Å². The SMILES string of the molecule is COc1ccc([C@H]2Nc3ccc4ncccc4c3C3=C2C(=O)OC2(CCCCCCC2)C3)c(OC)c1. The average Bonchev–Trinajstić information content (AvgIpc) is 2.89. The molecular weight excluding hydrogens is 452 g/mol. The highest BCUT2D eigenvalue weighted by atomic mass is 16.6. The predicted octanol–water partition coefficient (Wildman–Crippen LogP) is 6.60. The van der Waals surface area contributed by atoms with E-state index in [1.165, 1.54) is 19.3 Å². The molecule has 1 atom stereocenters. The van der Waals surface area contributed by atoms with E-state index in [1.807, 2.05) is 36.5 Å². The molecule has 0 saturated heterocycles. The number of nitrogens with zero attached hydrogens (tertiary/aromatic N) is 1. The summed E-state index contributed by atoms with van der Waals surface area (Å²) in [5, 5.41) is 4.71. The third kappa shape index (κ3) is 3.80. The number of pyridine rings is 1. The molecular formula is C30H32N2O4. The Kier molecular flexibility index (Phi) is 5.82. The van der Waals surface area contributed by atoms with E-state index < -0.39 is 5.60 Å². The van der Waals surface area contributed by atoms with Gasteiger partial charge < -0.3 is 19.5 Å². The Balaban J connectivity index is 1.56. The van der Waals surface area contributed by atoms with Crippen molar-refractivity contribution >= 4 is 28.1 Å². The highest BCUT2D eigenvalue weighted by Gasteiger charge is 2.46. The molecule has 3 heterocycles. The summed E-state index contributed by atoms with van der Waals surface area (Å²) in [5.74, 6) is 1.15. The maximum atomic E-state index is 14.0. The van der Waals surface area contributed by atoms with Gasteiger partial charge in [0.2, 0.25) is 0 Å². The molecule has 3 aromatic rings. The van der Waals surface area contributed by atoms with Crippen LogP contribution in [0.2, 0.25) is 0 Å². The molecule has 2 aromatic carbocycles. The minimum atomic E-state index is -0.441. The first-order chi connectivity index (χ1) is 17.6. The monoisotopic (exact) mass is 484 g/mol. The molecule has 2 aliphatic heterocycles. The van der Waals surface area contributed by atoms with Crippen molar-refractivity contribution in [1.82, 2.24) is 4.98 Å². The van der Waals surface area contributed by atoms with Gasteiger partial charge >= 0.3 is 5.97 Å². The van der Waals surface area contributed by atoms with Gasteiger partial charge in [-0.15, -0.1) is 0 Å². The fourth-order valence-electron chi connectivity index (χ4n) is 6.29. The third-order valence-electron chi connectivity index (χ3n) is 8.04. The minimum absolute atomic E-state index is 0.223. The van der Waals surface area contributed by atoms with E-state index in [1.54, 1.807) is 14.2 Å². The number of methoxy groups -OCH3 is 2. The Morgan fingerprint density at radius 3 is 2.58 bits per heavy atom. The summed E-state index contributed by atoms with van der Waals surface area (Å²) < 4.78 is 17.6. The van der Waals surface area contributed by atoms with Gasteiger partial charge in [0.25, 0.3) is 0 Å². The van der Waals surface area contributed by atoms with Crippen LogP contribution in [0, 0.1) is 0 Å². The molecule has 0 bridgehead atoms. The molecule has 6 heteroatoms. The smallest absolute Gasteiger partial charge is 0.337 e. The van der Waals surface area contributed by atoms with Crippen molar-refractivity contribution < 1.29 is 19.0 Å². The first-order valence-electron chi connectivity index (χ1n) is 13.0. The second-order valence-electron chi connectivity index (χ2n) is 10.2. The van der Waals surface area contributed by atoms with Gasteiger partial charge in [-0.2, -0.15) is 0 Å². The second-order valence-corrected chi connectivity index (χ2v) is 10.2. The molecule has 36 heavy (non-hydrogen) atoms. The number of carbonyl (C=O) groups is 1. The van der Waals surface area contributed by atoms with Gasteiger partial charge in [0.05, 0.1) is 31.4 Å². The molecule has 186 valence electrons. The van der Waals surface area contributed by atoms with E-state index in [4.69, 9.17) is 14.2 Å². The van der Waals surface area contributed by atoms with Crippen molar-refractivity contribution in [2.24, 2.45) is 0 Å². The molecule has 1 spiro atoms. The normalized spacial score (nSPS) is 21.1. The van der Waals surface area contributed by atoms with E-state index in [2.05, 4.69) is 22.4 Å². The van der Waals surface area contributed by atoms with E-state index in [0.29, 0.717) is 17.1 Å². The van der Waals surface area contributed by atoms with Crippen molar-refractivity contribution in [3.63, 3.8) is 0 Å². The van der Waals surface area contributed by atoms with E-state index in [-0.39, 0.29) is 12.0 Å². The average molecular weight is 485 g/mol. The van der Waals surface area contributed by atoms with Crippen LogP contribution in [0.1, 0.15) is 68.5 Å². The highest BCUT2D eigenvalue weighted by molar-refractivity contribution is 6.10. The number of hydrogen-bond donors (Lipinski definition) is 1. The van der Waals surface area contributed by atoms with Crippen LogP contribution >= 0.6 is 0 Å². The molecule has 1 fully saturated rings. The predicted molar refractivity (Wildman–Crippen MR) is 140 cm³/mol. The second kappa shape index (κ2) is 9.16. The standard InChI is InChI=1S/C30H32N2O4/c1-34-19-10-11-21(25(17-19)35-2)28-27-22(18-30(36-29(27)33)14-6-4-3-5-7-15-30)26-20-9-8-16-31-23(20)12-13-24(26)32-28/h8-13,16-17,28,32H,3-7,14-15,18H2,1-2H3/t28-/m1/s1. The topological polar surface area (TPSA) is 69.7 Å². The summed E-state index contributed by atoms with van der Waals surface area (Å²) in [4.78, 5) is 18.6. The number of fused-ring (bicyclic) bond motifs is 4. The molecule has 1 saturated carbocycles. The molecule has 3 aliphatic rings. The van der Waals surface area contributed by atoms with Gasteiger partial charge in [-0.3, -0.25) is 4.98 Å². The lowest BCUT2D eigenvalue weighted by Crippen LogP contribution is -2.43. The van der Waals surface area contributed by atoms with Gasteiger partial charge in [0.1, 0.15) is 17.1 Å². The van der Waals surface area contributed by atoms with E-state index in [9.17, 15) is 4.79 Å². The zero-order chi connectivity index (χ0) is 24.7.